The minimum atomic E-state index is -4.67. The fourth-order valence-electron chi connectivity index (χ4n) is 4.43. The second kappa shape index (κ2) is 12.7. The largest absolute Gasteiger partial charge is 0.523 e. The number of rotatable bonds is 7. The minimum Gasteiger partial charge on any atom is -0.319 e. The molecule has 7 nitrogen and oxygen atoms in total. The molecule has 2 aromatic carbocycles. The number of hydrogen-bond acceptors (Lipinski definition) is 6. The number of allylic oxidation sites excluding steroid dienone is 3. The second-order valence-electron chi connectivity index (χ2n) is 9.72. The van der Waals surface area contributed by atoms with Crippen molar-refractivity contribution in [3.63, 3.8) is 0 Å². The number of ether oxygens (including phenoxy) is 1. The van der Waals surface area contributed by atoms with Crippen LogP contribution < -0.4 is 4.90 Å². The molecule has 0 amide bonds. The number of thioether (sulfide) groups is 1. The van der Waals surface area contributed by atoms with E-state index in [0.29, 0.717) is 11.5 Å². The van der Waals surface area contributed by atoms with Crippen molar-refractivity contribution < 1.29 is 17.9 Å². The fourth-order valence-corrected chi connectivity index (χ4v) is 5.34. The predicted molar refractivity (Wildman–Crippen MR) is 160 cm³/mol. The maximum absolute atomic E-state index is 12.4. The Morgan fingerprint density at radius 2 is 1.93 bits per heavy atom. The zero-order valence-corrected chi connectivity index (χ0v) is 23.4. The van der Waals surface area contributed by atoms with E-state index >= 15 is 0 Å². The number of halogens is 3. The molecule has 41 heavy (non-hydrogen) atoms. The van der Waals surface area contributed by atoms with Crippen LogP contribution in [0, 0.1) is 0 Å². The summed E-state index contributed by atoms with van der Waals surface area (Å²) in [6.07, 6.45) is 5.44. The molecule has 212 valence electrons. The molecule has 0 N–H and O–H groups in total. The van der Waals surface area contributed by atoms with Gasteiger partial charge in [0.05, 0.1) is 23.7 Å². The molecule has 0 bridgehead atoms. The van der Waals surface area contributed by atoms with Gasteiger partial charge < -0.3 is 4.90 Å². The summed E-state index contributed by atoms with van der Waals surface area (Å²) in [6, 6.07) is 15.9. The highest BCUT2D eigenvalue weighted by Crippen LogP contribution is 2.30. The van der Waals surface area contributed by atoms with Gasteiger partial charge in [-0.1, -0.05) is 78.0 Å². The summed E-state index contributed by atoms with van der Waals surface area (Å²) in [6.45, 7) is 5.07. The molecule has 2 aliphatic rings. The van der Waals surface area contributed by atoms with Crippen LogP contribution in [0.2, 0.25) is 0 Å². The van der Waals surface area contributed by atoms with Crippen molar-refractivity contribution in [3.8, 4) is 11.4 Å². The van der Waals surface area contributed by atoms with Gasteiger partial charge in [0.25, 0.3) is 0 Å². The van der Waals surface area contributed by atoms with Gasteiger partial charge in [0, 0.05) is 17.9 Å². The SMILES string of the molecule is CC(C)=Cc1ccccc1N1CCCS/C1=N\N=C\c1ccc(-c2ncn(C3=CCC(OC(F)(F)F)C=C3)n2)cc1. The van der Waals surface area contributed by atoms with Crippen molar-refractivity contribution >= 4 is 40.6 Å². The molecule has 1 atom stereocenters. The molecule has 3 aromatic rings. The van der Waals surface area contributed by atoms with Crippen LogP contribution in [0.4, 0.5) is 18.9 Å². The smallest absolute Gasteiger partial charge is 0.319 e. The number of alkyl halides is 3. The molecule has 1 saturated heterocycles. The fraction of sp³-hybridized carbons (Fsp3) is 0.267. The van der Waals surface area contributed by atoms with Gasteiger partial charge in [-0.2, -0.15) is 5.10 Å². The van der Waals surface area contributed by atoms with E-state index in [9.17, 15) is 13.2 Å². The number of aromatic nitrogens is 3. The molecule has 1 aromatic heterocycles. The van der Waals surface area contributed by atoms with Crippen LogP contribution in [0.3, 0.4) is 0 Å². The Bertz CT molecular complexity index is 1520. The molecular formula is C30H29F3N6OS. The first-order valence-electron chi connectivity index (χ1n) is 13.2. The standard InChI is InChI=1S/C30H29F3N6OS/c1-21(2)18-24-6-3-4-7-27(24)38-16-5-17-41-29(38)36-35-19-22-8-10-23(11-9-22)28-34-20-39(37-28)25-12-14-26(15-13-25)40-30(31,32)33/h3-4,6-14,18-20,26H,5,15-17H2,1-2H3/b35-19+,36-29-. The van der Waals surface area contributed by atoms with Gasteiger partial charge in [0.15, 0.2) is 11.0 Å². The van der Waals surface area contributed by atoms with E-state index in [1.807, 2.05) is 36.4 Å². The summed E-state index contributed by atoms with van der Waals surface area (Å²) in [7, 11) is 0. The topological polar surface area (TPSA) is 67.9 Å². The summed E-state index contributed by atoms with van der Waals surface area (Å²) in [5.74, 6) is 1.50. The number of hydrogen-bond donors (Lipinski definition) is 0. The molecule has 11 heteroatoms. The number of nitrogens with zero attached hydrogens (tertiary/aromatic N) is 6. The van der Waals surface area contributed by atoms with Crippen molar-refractivity contribution in [1.29, 1.82) is 0 Å². The van der Waals surface area contributed by atoms with E-state index in [1.54, 1.807) is 30.1 Å². The van der Waals surface area contributed by atoms with Crippen LogP contribution >= 0.6 is 11.8 Å². The normalized spacial score (nSPS) is 18.7. The molecule has 0 spiro atoms. The lowest BCUT2D eigenvalue weighted by Crippen LogP contribution is -2.34. The highest BCUT2D eigenvalue weighted by Gasteiger charge is 2.33. The van der Waals surface area contributed by atoms with Crippen molar-refractivity contribution in [3.05, 3.63) is 89.8 Å². The van der Waals surface area contributed by atoms with Crippen LogP contribution in [-0.4, -0.2) is 50.9 Å². The molecule has 0 saturated carbocycles. The zero-order valence-electron chi connectivity index (χ0n) is 22.6. The van der Waals surface area contributed by atoms with Crippen molar-refractivity contribution in [1.82, 2.24) is 14.8 Å². The van der Waals surface area contributed by atoms with Gasteiger partial charge in [-0.3, -0.25) is 4.74 Å². The zero-order chi connectivity index (χ0) is 28.8. The van der Waals surface area contributed by atoms with E-state index < -0.39 is 12.5 Å². The summed E-state index contributed by atoms with van der Waals surface area (Å²) >= 11 is 1.70. The molecule has 1 aliphatic heterocycles. The molecule has 1 unspecified atom stereocenters. The number of benzene rings is 2. The Balaban J connectivity index is 1.25. The van der Waals surface area contributed by atoms with Crippen molar-refractivity contribution in [2.75, 3.05) is 17.2 Å². The lowest BCUT2D eigenvalue weighted by molar-refractivity contribution is -0.335. The van der Waals surface area contributed by atoms with Gasteiger partial charge in [-0.15, -0.1) is 23.4 Å². The maximum atomic E-state index is 12.4. The minimum absolute atomic E-state index is 0.0942. The molecule has 1 fully saturated rings. The molecule has 5 rings (SSSR count). The Hall–Kier alpha value is -3.96. The Kier molecular flexibility index (Phi) is 8.84. The lowest BCUT2D eigenvalue weighted by atomic mass is 10.1. The summed E-state index contributed by atoms with van der Waals surface area (Å²) in [4.78, 5) is 6.58. The van der Waals surface area contributed by atoms with E-state index in [-0.39, 0.29) is 6.42 Å². The third kappa shape index (κ3) is 7.62. The number of anilines is 1. The van der Waals surface area contributed by atoms with Crippen LogP contribution in [-0.2, 0) is 4.74 Å². The van der Waals surface area contributed by atoms with Crippen molar-refractivity contribution in [2.24, 2.45) is 10.2 Å². The molecular weight excluding hydrogens is 549 g/mol. The highest BCUT2D eigenvalue weighted by atomic mass is 32.2. The van der Waals surface area contributed by atoms with Crippen LogP contribution in [0.1, 0.15) is 37.8 Å². The van der Waals surface area contributed by atoms with Gasteiger partial charge in [-0.05, 0) is 50.0 Å². The van der Waals surface area contributed by atoms with E-state index in [4.69, 9.17) is 0 Å². The maximum Gasteiger partial charge on any atom is 0.523 e. The van der Waals surface area contributed by atoms with Gasteiger partial charge in [-0.25, -0.2) is 9.67 Å². The molecule has 2 heterocycles. The van der Waals surface area contributed by atoms with Gasteiger partial charge in [0.1, 0.15) is 6.33 Å². The molecule has 1 aliphatic carbocycles. The lowest BCUT2D eigenvalue weighted by Gasteiger charge is -2.30. The first-order valence-corrected chi connectivity index (χ1v) is 14.1. The van der Waals surface area contributed by atoms with Crippen LogP contribution in [0.5, 0.6) is 0 Å². The summed E-state index contributed by atoms with van der Waals surface area (Å²) in [5, 5.41) is 14.3. The van der Waals surface area contributed by atoms with Crippen LogP contribution in [0.15, 0.2) is 88.9 Å². The van der Waals surface area contributed by atoms with Crippen LogP contribution in [0.25, 0.3) is 23.2 Å². The molecule has 0 radical (unpaired) electrons. The third-order valence-electron chi connectivity index (χ3n) is 6.26. The third-order valence-corrected chi connectivity index (χ3v) is 7.31. The highest BCUT2D eigenvalue weighted by molar-refractivity contribution is 8.14. The van der Waals surface area contributed by atoms with Gasteiger partial charge >= 0.3 is 6.36 Å². The van der Waals surface area contributed by atoms with E-state index in [1.165, 1.54) is 22.7 Å². The number of amidine groups is 1. The average Bonchev–Trinajstić information content (AvgIpc) is 3.44. The monoisotopic (exact) mass is 578 g/mol. The number of para-hydroxylation sites is 1. The Morgan fingerprint density at radius 3 is 2.66 bits per heavy atom. The quantitative estimate of drug-likeness (QED) is 0.216. The van der Waals surface area contributed by atoms with Gasteiger partial charge in [0.2, 0.25) is 0 Å². The van der Waals surface area contributed by atoms with E-state index in [2.05, 4.69) is 62.0 Å². The summed E-state index contributed by atoms with van der Waals surface area (Å²) < 4.78 is 42.9. The van der Waals surface area contributed by atoms with Crippen molar-refractivity contribution in [2.45, 2.75) is 39.2 Å². The summed E-state index contributed by atoms with van der Waals surface area (Å²) in [5.41, 5.74) is 5.83. The predicted octanol–water partition coefficient (Wildman–Crippen LogP) is 7.41. The Morgan fingerprint density at radius 1 is 1.12 bits per heavy atom. The van der Waals surface area contributed by atoms with E-state index in [0.717, 1.165) is 46.3 Å². The Labute approximate surface area is 240 Å². The first-order chi connectivity index (χ1) is 19.7. The second-order valence-corrected chi connectivity index (χ2v) is 10.8. The average molecular weight is 579 g/mol. The first kappa shape index (κ1) is 28.6.